The number of hydrogen-bond donors (Lipinski definition) is 2. The van der Waals surface area contributed by atoms with Gasteiger partial charge in [-0.1, -0.05) is 19.7 Å². The number of amides is 2. The molecule has 0 fully saturated rings. The van der Waals surface area contributed by atoms with Crippen molar-refractivity contribution < 1.29 is 42.9 Å². The van der Waals surface area contributed by atoms with Gasteiger partial charge in [-0.15, -0.1) is 0 Å². The van der Waals surface area contributed by atoms with Gasteiger partial charge in [-0.2, -0.15) is 0 Å². The van der Waals surface area contributed by atoms with Crippen LogP contribution in [0.4, 0.5) is 4.79 Å². The van der Waals surface area contributed by atoms with Crippen LogP contribution in [0.3, 0.4) is 0 Å². The molecule has 0 spiro atoms. The van der Waals surface area contributed by atoms with Gasteiger partial charge in [0.1, 0.15) is 24.0 Å². The molecule has 11 nitrogen and oxygen atoms in total. The zero-order valence-corrected chi connectivity index (χ0v) is 19.9. The number of hydrogen-bond acceptors (Lipinski definition) is 9. The maximum Gasteiger partial charge on any atom is 0.408 e. The Labute approximate surface area is 193 Å². The fourth-order valence-electron chi connectivity index (χ4n) is 1.96. The van der Waals surface area contributed by atoms with Gasteiger partial charge in [0.25, 0.3) is 0 Å². The first kappa shape index (κ1) is 29.4. The van der Waals surface area contributed by atoms with Gasteiger partial charge in [0, 0.05) is 5.57 Å². The summed E-state index contributed by atoms with van der Waals surface area (Å²) in [5, 5.41) is 4.53. The number of carbonyl (C=O) groups excluding carboxylic acids is 5. The standard InChI is InChI=1S/C22H32N2O9/c1-12(2)14(5)32-17(25)10-15(24-21(29)33-22(6,7)8)18(26)23-16(20(28)30-9)11-31-19(27)13(3)4/h15-16H,1,3,5,10-11H2,2,4,6-9H3,(H,23,26)(H,24,29)/t15-,16-/m0/s1. The highest BCUT2D eigenvalue weighted by molar-refractivity contribution is 5.93. The van der Waals surface area contributed by atoms with Crippen molar-refractivity contribution in [3.8, 4) is 0 Å². The molecule has 0 aliphatic heterocycles. The second-order valence-corrected chi connectivity index (χ2v) is 8.04. The lowest BCUT2D eigenvalue weighted by molar-refractivity contribution is -0.150. The van der Waals surface area contributed by atoms with Gasteiger partial charge in [-0.3, -0.25) is 9.59 Å². The molecular weight excluding hydrogens is 436 g/mol. The number of esters is 3. The van der Waals surface area contributed by atoms with Gasteiger partial charge in [-0.25, -0.2) is 14.4 Å². The van der Waals surface area contributed by atoms with Crippen molar-refractivity contribution in [2.24, 2.45) is 0 Å². The van der Waals surface area contributed by atoms with E-state index in [-0.39, 0.29) is 11.3 Å². The first-order chi connectivity index (χ1) is 15.1. The van der Waals surface area contributed by atoms with Crippen LogP contribution in [0.25, 0.3) is 0 Å². The molecule has 0 bridgehead atoms. The van der Waals surface area contributed by atoms with Gasteiger partial charge < -0.3 is 29.6 Å². The topological polar surface area (TPSA) is 146 Å². The average molecular weight is 469 g/mol. The number of nitrogens with one attached hydrogen (secondary N) is 2. The van der Waals surface area contributed by atoms with E-state index in [0.717, 1.165) is 7.11 Å². The van der Waals surface area contributed by atoms with Crippen molar-refractivity contribution in [3.63, 3.8) is 0 Å². The Morgan fingerprint density at radius 3 is 1.94 bits per heavy atom. The van der Waals surface area contributed by atoms with Crippen molar-refractivity contribution in [2.75, 3.05) is 13.7 Å². The molecule has 11 heteroatoms. The highest BCUT2D eigenvalue weighted by Crippen LogP contribution is 2.10. The molecule has 2 N–H and O–H groups in total. The summed E-state index contributed by atoms with van der Waals surface area (Å²) in [5.74, 6) is -3.59. The third-order valence-corrected chi connectivity index (χ3v) is 3.62. The Kier molecular flexibility index (Phi) is 11.6. The maximum absolute atomic E-state index is 12.8. The van der Waals surface area contributed by atoms with Crippen molar-refractivity contribution >= 4 is 29.9 Å². The van der Waals surface area contributed by atoms with Crippen LogP contribution in [-0.4, -0.2) is 61.3 Å². The van der Waals surface area contributed by atoms with Crippen LogP contribution in [0.15, 0.2) is 36.6 Å². The third kappa shape index (κ3) is 12.1. The summed E-state index contributed by atoms with van der Waals surface area (Å²) in [6.45, 7) is 17.7. The SMILES string of the molecule is C=C(C)C(=C)OC(=O)C[C@H](NC(=O)OC(C)(C)C)C(=O)N[C@@H](COC(=O)C(=C)C)C(=O)OC. The first-order valence-corrected chi connectivity index (χ1v) is 9.83. The molecule has 2 atom stereocenters. The maximum atomic E-state index is 12.8. The summed E-state index contributed by atoms with van der Waals surface area (Å²) in [4.78, 5) is 60.9. The molecule has 0 saturated heterocycles. The number of methoxy groups -OCH3 is 1. The molecule has 0 aliphatic carbocycles. The molecule has 33 heavy (non-hydrogen) atoms. The fourth-order valence-corrected chi connectivity index (χ4v) is 1.96. The van der Waals surface area contributed by atoms with E-state index in [2.05, 4.69) is 35.1 Å². The van der Waals surface area contributed by atoms with E-state index >= 15 is 0 Å². The highest BCUT2D eigenvalue weighted by atomic mass is 16.6. The summed E-state index contributed by atoms with van der Waals surface area (Å²) < 4.78 is 19.6. The molecule has 0 aromatic heterocycles. The number of carbonyl (C=O) groups is 5. The number of rotatable bonds is 11. The van der Waals surface area contributed by atoms with E-state index < -0.39 is 60.6 Å². The molecule has 0 radical (unpaired) electrons. The summed E-state index contributed by atoms with van der Waals surface area (Å²) in [7, 11) is 1.07. The van der Waals surface area contributed by atoms with Crippen LogP contribution in [0, 0.1) is 0 Å². The summed E-state index contributed by atoms with van der Waals surface area (Å²) in [6.07, 6.45) is -1.62. The Bertz CT molecular complexity index is 824. The van der Waals surface area contributed by atoms with Gasteiger partial charge in [0.05, 0.1) is 13.5 Å². The monoisotopic (exact) mass is 468 g/mol. The molecule has 0 aliphatic rings. The summed E-state index contributed by atoms with van der Waals surface area (Å²) >= 11 is 0. The Morgan fingerprint density at radius 2 is 1.48 bits per heavy atom. The van der Waals surface area contributed by atoms with Gasteiger partial charge in [0.2, 0.25) is 5.91 Å². The molecule has 184 valence electrons. The molecule has 2 amide bonds. The lowest BCUT2D eigenvalue weighted by Crippen LogP contribution is -2.54. The zero-order chi connectivity index (χ0) is 25.9. The minimum atomic E-state index is -1.51. The first-order valence-electron chi connectivity index (χ1n) is 9.83. The number of allylic oxidation sites excluding steroid dienone is 1. The molecule has 0 saturated carbocycles. The van der Waals surface area contributed by atoms with E-state index in [0.29, 0.717) is 5.57 Å². The molecule has 0 rings (SSSR count). The second kappa shape index (κ2) is 13.0. The fraction of sp³-hybridized carbons (Fsp3) is 0.500. The van der Waals surface area contributed by atoms with Crippen LogP contribution in [0.1, 0.15) is 41.0 Å². The van der Waals surface area contributed by atoms with Gasteiger partial charge in [0.15, 0.2) is 6.04 Å². The molecule has 0 unspecified atom stereocenters. The third-order valence-electron chi connectivity index (χ3n) is 3.62. The second-order valence-electron chi connectivity index (χ2n) is 8.04. The van der Waals surface area contributed by atoms with Gasteiger partial charge in [-0.05, 0) is 40.2 Å². The van der Waals surface area contributed by atoms with Crippen molar-refractivity contribution in [1.29, 1.82) is 0 Å². The smallest absolute Gasteiger partial charge is 0.408 e. The summed E-state index contributed by atoms with van der Waals surface area (Å²) in [5.41, 5.74) is -0.421. The van der Waals surface area contributed by atoms with Crippen LogP contribution < -0.4 is 10.6 Å². The quantitative estimate of drug-likeness (QED) is 0.152. The largest absolute Gasteiger partial charge is 0.467 e. The van der Waals surface area contributed by atoms with Crippen LogP contribution in [-0.2, 0) is 38.1 Å². The van der Waals surface area contributed by atoms with Crippen molar-refractivity contribution in [2.45, 2.75) is 58.7 Å². The van der Waals surface area contributed by atoms with Crippen LogP contribution >= 0.6 is 0 Å². The van der Waals surface area contributed by atoms with Crippen LogP contribution in [0.5, 0.6) is 0 Å². The van der Waals surface area contributed by atoms with E-state index in [1.54, 1.807) is 27.7 Å². The molecular formula is C22H32N2O9. The molecule has 0 aromatic rings. The van der Waals surface area contributed by atoms with Crippen LogP contribution in [0.2, 0.25) is 0 Å². The Morgan fingerprint density at radius 1 is 0.909 bits per heavy atom. The minimum absolute atomic E-state index is 0.0180. The van der Waals surface area contributed by atoms with Crippen molar-refractivity contribution in [1.82, 2.24) is 10.6 Å². The Hall–Kier alpha value is -3.63. The molecule has 0 aromatic carbocycles. The van der Waals surface area contributed by atoms with E-state index in [9.17, 15) is 24.0 Å². The average Bonchev–Trinajstić information content (AvgIpc) is 2.67. The van der Waals surface area contributed by atoms with Gasteiger partial charge >= 0.3 is 24.0 Å². The minimum Gasteiger partial charge on any atom is -0.467 e. The zero-order valence-electron chi connectivity index (χ0n) is 19.9. The van der Waals surface area contributed by atoms with E-state index in [1.165, 1.54) is 6.92 Å². The van der Waals surface area contributed by atoms with E-state index in [4.69, 9.17) is 14.2 Å². The van der Waals surface area contributed by atoms with E-state index in [1.807, 2.05) is 0 Å². The normalized spacial score (nSPS) is 12.3. The lowest BCUT2D eigenvalue weighted by atomic mass is 10.1. The lowest BCUT2D eigenvalue weighted by Gasteiger charge is -2.24. The van der Waals surface area contributed by atoms with Crippen molar-refractivity contribution in [3.05, 3.63) is 36.6 Å². The predicted octanol–water partition coefficient (Wildman–Crippen LogP) is 1.68. The Balaban J connectivity index is 5.56. The molecule has 0 heterocycles. The highest BCUT2D eigenvalue weighted by Gasteiger charge is 2.32. The number of alkyl carbamates (subject to hydrolysis) is 1. The number of ether oxygens (including phenoxy) is 4. The summed E-state index contributed by atoms with van der Waals surface area (Å²) in [6, 6.07) is -2.93. The predicted molar refractivity (Wildman–Crippen MR) is 118 cm³/mol.